The molecule has 1 rings (SSSR count). The van der Waals surface area contributed by atoms with E-state index in [1.807, 2.05) is 13.8 Å². The zero-order valence-corrected chi connectivity index (χ0v) is 11.2. The number of ether oxygens (including phenoxy) is 1. The van der Waals surface area contributed by atoms with Gasteiger partial charge in [0.15, 0.2) is 0 Å². The fraction of sp³-hybridized carbons (Fsp3) is 0.571. The van der Waals surface area contributed by atoms with Gasteiger partial charge in [-0.2, -0.15) is 0 Å². The Morgan fingerprint density at radius 3 is 2.50 bits per heavy atom. The van der Waals surface area contributed by atoms with E-state index in [1.54, 1.807) is 13.0 Å². The van der Waals surface area contributed by atoms with Crippen LogP contribution >= 0.6 is 0 Å². The monoisotopic (exact) mass is 255 g/mol. The summed E-state index contributed by atoms with van der Waals surface area (Å²) in [5.41, 5.74) is 5.55. The van der Waals surface area contributed by atoms with Crippen LogP contribution in [0.3, 0.4) is 0 Å². The molecule has 3 nitrogen and oxygen atoms in total. The molecule has 0 bridgehead atoms. The Morgan fingerprint density at radius 1 is 1.39 bits per heavy atom. The third-order valence-corrected chi connectivity index (χ3v) is 3.27. The second-order valence-electron chi connectivity index (χ2n) is 4.69. The summed E-state index contributed by atoms with van der Waals surface area (Å²) < 4.78 is 18.8. The van der Waals surface area contributed by atoms with E-state index in [0.717, 1.165) is 0 Å². The molecular weight excluding hydrogens is 233 g/mol. The highest BCUT2D eigenvalue weighted by Crippen LogP contribution is 2.26. The van der Waals surface area contributed by atoms with E-state index in [2.05, 4.69) is 0 Å². The van der Waals surface area contributed by atoms with E-state index in [9.17, 15) is 9.50 Å². The molecule has 0 spiro atoms. The average Bonchev–Trinajstić information content (AvgIpc) is 2.36. The Bertz CT molecular complexity index is 389. The van der Waals surface area contributed by atoms with Gasteiger partial charge in [-0.3, -0.25) is 0 Å². The molecule has 0 aromatic heterocycles. The average molecular weight is 255 g/mol. The van der Waals surface area contributed by atoms with Crippen molar-refractivity contribution >= 4 is 0 Å². The summed E-state index contributed by atoms with van der Waals surface area (Å²) >= 11 is 0. The number of aliphatic hydroxyl groups is 1. The third-order valence-electron chi connectivity index (χ3n) is 3.27. The predicted molar refractivity (Wildman–Crippen MR) is 70.0 cm³/mol. The van der Waals surface area contributed by atoms with Gasteiger partial charge in [-0.1, -0.05) is 13.8 Å². The summed E-state index contributed by atoms with van der Waals surface area (Å²) in [5.74, 6) is 0.197. The first kappa shape index (κ1) is 14.9. The molecule has 0 saturated carbocycles. The van der Waals surface area contributed by atoms with Gasteiger partial charge >= 0.3 is 0 Å². The molecule has 18 heavy (non-hydrogen) atoms. The molecule has 0 radical (unpaired) electrons. The summed E-state index contributed by atoms with van der Waals surface area (Å²) in [6.07, 6.45) is 1.22. The van der Waals surface area contributed by atoms with Gasteiger partial charge in [0, 0.05) is 11.6 Å². The standard InChI is InChI=1S/C14H22FNO2/c1-4-14(17,5-2)9-18-13-7-6-11(15)8-12(13)10(3)16/h6-8,10,17H,4-5,9,16H2,1-3H3/t10-/m1/s1. The molecule has 4 heteroatoms. The van der Waals surface area contributed by atoms with E-state index in [1.165, 1.54) is 12.1 Å². The molecule has 102 valence electrons. The maximum absolute atomic E-state index is 13.2. The molecule has 1 aromatic carbocycles. The number of rotatable bonds is 6. The maximum atomic E-state index is 13.2. The van der Waals surface area contributed by atoms with Crippen LogP contribution in [-0.4, -0.2) is 17.3 Å². The molecule has 1 aromatic rings. The smallest absolute Gasteiger partial charge is 0.124 e. The van der Waals surface area contributed by atoms with Gasteiger partial charge in [-0.25, -0.2) is 4.39 Å². The quantitative estimate of drug-likeness (QED) is 0.821. The first-order valence-corrected chi connectivity index (χ1v) is 6.32. The number of hydrogen-bond donors (Lipinski definition) is 2. The van der Waals surface area contributed by atoms with E-state index in [-0.39, 0.29) is 18.5 Å². The lowest BCUT2D eigenvalue weighted by Gasteiger charge is -2.26. The summed E-state index contributed by atoms with van der Waals surface area (Å²) in [6, 6.07) is 3.95. The van der Waals surface area contributed by atoms with Gasteiger partial charge in [0.05, 0.1) is 5.60 Å². The van der Waals surface area contributed by atoms with E-state index in [0.29, 0.717) is 24.2 Å². The molecule has 0 aliphatic rings. The molecular formula is C14H22FNO2. The van der Waals surface area contributed by atoms with Crippen molar-refractivity contribution in [2.75, 3.05) is 6.61 Å². The van der Waals surface area contributed by atoms with Crippen molar-refractivity contribution in [2.45, 2.75) is 45.3 Å². The second kappa shape index (κ2) is 6.16. The summed E-state index contributed by atoms with van der Waals surface area (Å²) in [4.78, 5) is 0. The van der Waals surface area contributed by atoms with Crippen LogP contribution in [0.5, 0.6) is 5.75 Å². The largest absolute Gasteiger partial charge is 0.490 e. The molecule has 1 atom stereocenters. The van der Waals surface area contributed by atoms with Crippen LogP contribution in [0.15, 0.2) is 18.2 Å². The van der Waals surface area contributed by atoms with Gasteiger partial charge in [0.1, 0.15) is 18.2 Å². The number of hydrogen-bond acceptors (Lipinski definition) is 3. The summed E-state index contributed by atoms with van der Waals surface area (Å²) in [5, 5.41) is 10.1. The van der Waals surface area contributed by atoms with Crippen molar-refractivity contribution in [3.63, 3.8) is 0 Å². The molecule has 0 unspecified atom stereocenters. The minimum atomic E-state index is -0.844. The Hall–Kier alpha value is -1.13. The minimum Gasteiger partial charge on any atom is -0.490 e. The molecule has 0 saturated heterocycles. The maximum Gasteiger partial charge on any atom is 0.124 e. The van der Waals surface area contributed by atoms with Gasteiger partial charge in [0.25, 0.3) is 0 Å². The highest BCUT2D eigenvalue weighted by molar-refractivity contribution is 5.36. The van der Waals surface area contributed by atoms with Crippen LogP contribution in [0.4, 0.5) is 4.39 Å². The molecule has 3 N–H and O–H groups in total. The zero-order chi connectivity index (χ0) is 13.8. The normalized spacial score (nSPS) is 13.4. The summed E-state index contributed by atoms with van der Waals surface area (Å²) in [6.45, 7) is 5.77. The van der Waals surface area contributed by atoms with Gasteiger partial charge in [-0.15, -0.1) is 0 Å². The SMILES string of the molecule is CCC(O)(CC)COc1ccc(F)cc1[C@@H](C)N. The third kappa shape index (κ3) is 3.68. The van der Waals surface area contributed by atoms with Crippen LogP contribution in [0.1, 0.15) is 45.2 Å². The highest BCUT2D eigenvalue weighted by atomic mass is 19.1. The van der Waals surface area contributed by atoms with E-state index >= 15 is 0 Å². The van der Waals surface area contributed by atoms with Gasteiger partial charge in [-0.05, 0) is 38.0 Å². The predicted octanol–water partition coefficient (Wildman–Crippen LogP) is 2.78. The minimum absolute atomic E-state index is 0.186. The number of nitrogens with two attached hydrogens (primary N) is 1. The Balaban J connectivity index is 2.85. The van der Waals surface area contributed by atoms with E-state index < -0.39 is 5.60 Å². The molecule has 0 heterocycles. The van der Waals surface area contributed by atoms with Crippen LogP contribution in [0.2, 0.25) is 0 Å². The van der Waals surface area contributed by atoms with Crippen LogP contribution in [0, 0.1) is 5.82 Å². The Kier molecular flexibility index (Phi) is 5.11. The Labute approximate surface area is 108 Å². The molecule has 0 aliphatic heterocycles. The molecule has 0 amide bonds. The van der Waals surface area contributed by atoms with Crippen LogP contribution in [0.25, 0.3) is 0 Å². The van der Waals surface area contributed by atoms with Crippen molar-refractivity contribution in [1.82, 2.24) is 0 Å². The topological polar surface area (TPSA) is 55.5 Å². The lowest BCUT2D eigenvalue weighted by molar-refractivity contribution is -0.0116. The lowest BCUT2D eigenvalue weighted by Crippen LogP contribution is -2.34. The van der Waals surface area contributed by atoms with Gasteiger partial charge in [0.2, 0.25) is 0 Å². The van der Waals surface area contributed by atoms with Crippen molar-refractivity contribution < 1.29 is 14.2 Å². The first-order chi connectivity index (χ1) is 8.41. The van der Waals surface area contributed by atoms with Crippen LogP contribution in [-0.2, 0) is 0 Å². The molecule has 0 fully saturated rings. The van der Waals surface area contributed by atoms with Crippen LogP contribution < -0.4 is 10.5 Å². The van der Waals surface area contributed by atoms with Crippen molar-refractivity contribution in [1.29, 1.82) is 0 Å². The lowest BCUT2D eigenvalue weighted by atomic mass is 9.99. The first-order valence-electron chi connectivity index (χ1n) is 6.32. The fourth-order valence-electron chi connectivity index (χ4n) is 1.67. The number of halogens is 1. The molecule has 0 aliphatic carbocycles. The number of benzene rings is 1. The van der Waals surface area contributed by atoms with Crippen molar-refractivity contribution in [3.8, 4) is 5.75 Å². The summed E-state index contributed by atoms with van der Waals surface area (Å²) in [7, 11) is 0. The van der Waals surface area contributed by atoms with Gasteiger partial charge < -0.3 is 15.6 Å². The highest BCUT2D eigenvalue weighted by Gasteiger charge is 2.23. The van der Waals surface area contributed by atoms with Crippen molar-refractivity contribution in [3.05, 3.63) is 29.6 Å². The van der Waals surface area contributed by atoms with Crippen molar-refractivity contribution in [2.24, 2.45) is 5.73 Å². The zero-order valence-electron chi connectivity index (χ0n) is 11.2. The van der Waals surface area contributed by atoms with E-state index in [4.69, 9.17) is 10.5 Å². The second-order valence-corrected chi connectivity index (χ2v) is 4.69. The Morgan fingerprint density at radius 2 is 2.00 bits per heavy atom. The fourth-order valence-corrected chi connectivity index (χ4v) is 1.67.